The van der Waals surface area contributed by atoms with Crippen LogP contribution in [0.3, 0.4) is 0 Å². The topological polar surface area (TPSA) is 107 Å². The molecule has 9 heteroatoms. The Balaban J connectivity index is 1.46. The van der Waals surface area contributed by atoms with Crippen molar-refractivity contribution >= 4 is 17.2 Å². The Morgan fingerprint density at radius 1 is 1.03 bits per heavy atom. The van der Waals surface area contributed by atoms with Crippen LogP contribution < -0.4 is 11.0 Å². The van der Waals surface area contributed by atoms with Gasteiger partial charge in [0, 0.05) is 17.4 Å². The second kappa shape index (κ2) is 8.19. The molecular weight excluding hydrogens is 420 g/mol. The van der Waals surface area contributed by atoms with Crippen LogP contribution in [0.1, 0.15) is 11.1 Å². The molecule has 33 heavy (non-hydrogen) atoms. The van der Waals surface area contributed by atoms with Gasteiger partial charge in [-0.15, -0.1) is 5.10 Å². The average Bonchev–Trinajstić information content (AvgIpc) is 3.41. The van der Waals surface area contributed by atoms with Crippen LogP contribution in [0.15, 0.2) is 76.2 Å². The van der Waals surface area contributed by atoms with E-state index >= 15 is 0 Å². The molecule has 0 aliphatic rings. The first kappa shape index (κ1) is 20.4. The highest BCUT2D eigenvalue weighted by Crippen LogP contribution is 2.24. The van der Waals surface area contributed by atoms with Crippen LogP contribution in [0.2, 0.25) is 0 Å². The number of anilines is 1. The van der Waals surface area contributed by atoms with E-state index in [9.17, 15) is 9.59 Å². The molecule has 3 heterocycles. The highest BCUT2D eigenvalue weighted by atomic mass is 16.5. The van der Waals surface area contributed by atoms with Crippen LogP contribution in [-0.2, 0) is 11.3 Å². The normalized spacial score (nSPS) is 11.1. The molecule has 0 saturated carbocycles. The van der Waals surface area contributed by atoms with E-state index in [1.54, 1.807) is 24.4 Å². The van der Waals surface area contributed by atoms with Gasteiger partial charge in [0.15, 0.2) is 5.65 Å². The first-order chi connectivity index (χ1) is 16.0. The third-order valence-electron chi connectivity index (χ3n) is 5.29. The van der Waals surface area contributed by atoms with Crippen LogP contribution in [0.4, 0.5) is 5.69 Å². The van der Waals surface area contributed by atoms with Crippen molar-refractivity contribution in [3.05, 3.63) is 88.5 Å². The summed E-state index contributed by atoms with van der Waals surface area (Å²) in [5.41, 5.74) is 3.95. The van der Waals surface area contributed by atoms with E-state index in [1.807, 2.05) is 56.3 Å². The maximum atomic E-state index is 12.8. The van der Waals surface area contributed by atoms with E-state index in [4.69, 9.17) is 4.52 Å². The van der Waals surface area contributed by atoms with E-state index in [0.29, 0.717) is 22.7 Å². The third-order valence-corrected chi connectivity index (χ3v) is 5.29. The number of hydrogen-bond acceptors (Lipinski definition) is 6. The monoisotopic (exact) mass is 440 g/mol. The SMILES string of the molecule is Cc1ccc(-c2noc(-c3cccn4c(=O)n(CC(=O)Nc5ccccc5C)nc34)n2)cc1. The zero-order valence-corrected chi connectivity index (χ0v) is 18.0. The second-order valence-corrected chi connectivity index (χ2v) is 7.71. The number of aryl methyl sites for hydroxylation is 2. The maximum Gasteiger partial charge on any atom is 0.350 e. The largest absolute Gasteiger partial charge is 0.350 e. The van der Waals surface area contributed by atoms with Gasteiger partial charge in [0.25, 0.3) is 5.89 Å². The van der Waals surface area contributed by atoms with Crippen molar-refractivity contribution in [3.63, 3.8) is 0 Å². The maximum absolute atomic E-state index is 12.8. The molecule has 0 aliphatic heterocycles. The van der Waals surface area contributed by atoms with E-state index in [2.05, 4.69) is 20.6 Å². The predicted molar refractivity (Wildman–Crippen MR) is 123 cm³/mol. The Kier molecular flexibility index (Phi) is 5.06. The number of aromatic nitrogens is 5. The lowest BCUT2D eigenvalue weighted by Gasteiger charge is -2.07. The Hall–Kier alpha value is -4.53. The number of benzene rings is 2. The Labute approximate surface area is 188 Å². The van der Waals surface area contributed by atoms with Gasteiger partial charge in [-0.1, -0.05) is 53.2 Å². The summed E-state index contributed by atoms with van der Waals surface area (Å²) in [6, 6.07) is 18.6. The number of rotatable bonds is 5. The molecule has 1 N–H and O–H groups in total. The van der Waals surface area contributed by atoms with Crippen LogP contribution >= 0.6 is 0 Å². The molecule has 0 unspecified atom stereocenters. The van der Waals surface area contributed by atoms with Gasteiger partial charge in [-0.3, -0.25) is 4.79 Å². The smallest absolute Gasteiger partial charge is 0.333 e. The Morgan fingerprint density at radius 2 is 1.82 bits per heavy atom. The average molecular weight is 440 g/mol. The highest BCUT2D eigenvalue weighted by molar-refractivity contribution is 5.91. The number of hydrogen-bond donors (Lipinski definition) is 1. The number of pyridine rings is 1. The van der Waals surface area contributed by atoms with Crippen LogP contribution in [-0.4, -0.2) is 30.2 Å². The van der Waals surface area contributed by atoms with Crippen molar-refractivity contribution < 1.29 is 9.32 Å². The number of amides is 1. The first-order valence-electron chi connectivity index (χ1n) is 10.3. The van der Waals surface area contributed by atoms with Crippen molar-refractivity contribution in [3.8, 4) is 22.8 Å². The summed E-state index contributed by atoms with van der Waals surface area (Å²) in [7, 11) is 0. The third kappa shape index (κ3) is 3.91. The van der Waals surface area contributed by atoms with Crippen molar-refractivity contribution in [1.82, 2.24) is 24.3 Å². The van der Waals surface area contributed by atoms with Crippen LogP contribution in [0, 0.1) is 13.8 Å². The lowest BCUT2D eigenvalue weighted by Crippen LogP contribution is -2.28. The molecule has 1 amide bonds. The molecule has 5 aromatic rings. The lowest BCUT2D eigenvalue weighted by atomic mass is 10.1. The van der Waals surface area contributed by atoms with Gasteiger partial charge in [-0.05, 0) is 37.6 Å². The number of carbonyl (C=O) groups is 1. The lowest BCUT2D eigenvalue weighted by molar-refractivity contribution is -0.117. The molecule has 0 fully saturated rings. The number of fused-ring (bicyclic) bond motifs is 1. The summed E-state index contributed by atoms with van der Waals surface area (Å²) >= 11 is 0. The van der Waals surface area contributed by atoms with Gasteiger partial charge in [-0.25, -0.2) is 13.9 Å². The quantitative estimate of drug-likeness (QED) is 0.448. The minimum atomic E-state index is -0.440. The second-order valence-electron chi connectivity index (χ2n) is 7.71. The molecule has 0 atom stereocenters. The minimum absolute atomic E-state index is 0.229. The summed E-state index contributed by atoms with van der Waals surface area (Å²) in [6.45, 7) is 3.67. The summed E-state index contributed by atoms with van der Waals surface area (Å²) in [5, 5.41) is 11.2. The summed E-state index contributed by atoms with van der Waals surface area (Å²) in [4.78, 5) is 29.9. The first-order valence-corrected chi connectivity index (χ1v) is 10.3. The molecule has 0 saturated heterocycles. The number of nitrogens with zero attached hydrogens (tertiary/aromatic N) is 5. The Bertz CT molecular complexity index is 1530. The van der Waals surface area contributed by atoms with Crippen molar-refractivity contribution in [1.29, 1.82) is 0 Å². The highest BCUT2D eigenvalue weighted by Gasteiger charge is 2.18. The van der Waals surface area contributed by atoms with Crippen LogP contribution in [0.5, 0.6) is 0 Å². The van der Waals surface area contributed by atoms with E-state index in [-0.39, 0.29) is 18.3 Å². The molecule has 0 aliphatic carbocycles. The fourth-order valence-electron chi connectivity index (χ4n) is 3.50. The fraction of sp³-hybridized carbons (Fsp3) is 0.125. The van der Waals surface area contributed by atoms with Gasteiger partial charge in [0.2, 0.25) is 11.7 Å². The summed E-state index contributed by atoms with van der Waals surface area (Å²) < 4.78 is 7.93. The molecular formula is C24H20N6O3. The molecule has 0 spiro atoms. The van der Waals surface area contributed by atoms with Crippen molar-refractivity contribution in [2.45, 2.75) is 20.4 Å². The van der Waals surface area contributed by atoms with Crippen molar-refractivity contribution in [2.24, 2.45) is 0 Å². The van der Waals surface area contributed by atoms with Gasteiger partial charge in [0.05, 0.1) is 5.56 Å². The number of nitrogens with one attached hydrogen (secondary N) is 1. The van der Waals surface area contributed by atoms with E-state index in [1.165, 1.54) is 4.40 Å². The molecule has 9 nitrogen and oxygen atoms in total. The zero-order chi connectivity index (χ0) is 22.9. The number of carbonyl (C=O) groups excluding carboxylic acids is 1. The zero-order valence-electron chi connectivity index (χ0n) is 18.0. The predicted octanol–water partition coefficient (Wildman–Crippen LogP) is 3.47. The van der Waals surface area contributed by atoms with E-state index in [0.717, 1.165) is 21.4 Å². The standard InChI is InChI=1S/C24H20N6O3/c1-15-9-11-17(12-10-15)21-26-23(33-28-21)18-7-5-13-29-22(18)27-30(24(29)32)14-20(31)25-19-8-4-3-6-16(19)2/h3-13H,14H2,1-2H3,(H,25,31). The minimum Gasteiger partial charge on any atom is -0.333 e. The molecule has 3 aromatic heterocycles. The van der Waals surface area contributed by atoms with Gasteiger partial charge in [0.1, 0.15) is 6.54 Å². The molecule has 164 valence electrons. The molecule has 0 radical (unpaired) electrons. The molecule has 0 bridgehead atoms. The fourth-order valence-corrected chi connectivity index (χ4v) is 3.50. The summed E-state index contributed by atoms with van der Waals surface area (Å²) in [6.07, 6.45) is 1.58. The van der Waals surface area contributed by atoms with Gasteiger partial charge < -0.3 is 9.84 Å². The number of para-hydroxylation sites is 1. The Morgan fingerprint density at radius 3 is 2.61 bits per heavy atom. The summed E-state index contributed by atoms with van der Waals surface area (Å²) in [5.74, 6) is 0.319. The van der Waals surface area contributed by atoms with Crippen LogP contribution in [0.25, 0.3) is 28.5 Å². The van der Waals surface area contributed by atoms with Gasteiger partial charge in [-0.2, -0.15) is 4.98 Å². The van der Waals surface area contributed by atoms with Crippen molar-refractivity contribution in [2.75, 3.05) is 5.32 Å². The molecule has 2 aromatic carbocycles. The van der Waals surface area contributed by atoms with E-state index < -0.39 is 5.69 Å². The molecule has 5 rings (SSSR count). The van der Waals surface area contributed by atoms with Gasteiger partial charge >= 0.3 is 5.69 Å².